The highest BCUT2D eigenvalue weighted by molar-refractivity contribution is 5.80. The third-order valence-corrected chi connectivity index (χ3v) is 9.57. The summed E-state index contributed by atoms with van der Waals surface area (Å²) in [5.41, 5.74) is -0.552. The van der Waals surface area contributed by atoms with Crippen LogP contribution in [0.3, 0.4) is 0 Å². The van der Waals surface area contributed by atoms with Crippen molar-refractivity contribution in [2.24, 2.45) is 29.1 Å². The Morgan fingerprint density at radius 3 is 2.55 bits per heavy atom. The van der Waals surface area contributed by atoms with Crippen LogP contribution in [0.4, 0.5) is 24.9 Å². The van der Waals surface area contributed by atoms with Gasteiger partial charge in [0.25, 0.3) is 0 Å². The zero-order chi connectivity index (χ0) is 29.8. The molecule has 7 rings (SSSR count). The largest absolute Gasteiger partial charge is 0.459 e. The summed E-state index contributed by atoms with van der Waals surface area (Å²) >= 11 is 0. The van der Waals surface area contributed by atoms with E-state index >= 15 is 0 Å². The molecule has 0 spiro atoms. The van der Waals surface area contributed by atoms with E-state index in [1.807, 2.05) is 20.8 Å². The van der Waals surface area contributed by atoms with Gasteiger partial charge in [0.2, 0.25) is 5.95 Å². The average molecular weight is 583 g/mol. The first kappa shape index (κ1) is 28.7. The molecule has 42 heavy (non-hydrogen) atoms. The highest BCUT2D eigenvalue weighted by Gasteiger charge is 2.57. The number of nitriles is 1. The molecule has 3 N–H and O–H groups in total. The molecule has 0 amide bonds. The molecule has 7 atom stereocenters. The average Bonchev–Trinajstić information content (AvgIpc) is 3.70. The fraction of sp³-hybridized carbons (Fsp3) is 0.613. The van der Waals surface area contributed by atoms with E-state index in [9.17, 15) is 23.2 Å². The lowest BCUT2D eigenvalue weighted by Gasteiger charge is -2.60. The second-order valence-electron chi connectivity index (χ2n) is 13.8. The van der Waals surface area contributed by atoms with Gasteiger partial charge in [-0.05, 0) is 101 Å². The zero-order valence-corrected chi connectivity index (χ0v) is 24.1. The maximum atomic E-state index is 14.1. The van der Waals surface area contributed by atoms with Gasteiger partial charge in [-0.1, -0.05) is 0 Å². The summed E-state index contributed by atoms with van der Waals surface area (Å²) < 4.78 is 47.3. The number of rotatable bonds is 9. The van der Waals surface area contributed by atoms with Crippen molar-refractivity contribution >= 4 is 17.7 Å². The van der Waals surface area contributed by atoms with Crippen LogP contribution in [-0.2, 0) is 16.1 Å². The summed E-state index contributed by atoms with van der Waals surface area (Å²) in [6.45, 7) is 6.00. The molecule has 2 heterocycles. The molecule has 4 bridgehead atoms. The smallest absolute Gasteiger partial charge is 0.325 e. The van der Waals surface area contributed by atoms with Crippen LogP contribution in [-0.4, -0.2) is 40.2 Å². The summed E-state index contributed by atoms with van der Waals surface area (Å²) in [6.07, 6.45) is 8.15. The molecule has 1 aromatic carbocycles. The summed E-state index contributed by atoms with van der Waals surface area (Å²) in [4.78, 5) is 21.0. The van der Waals surface area contributed by atoms with E-state index in [1.54, 1.807) is 0 Å². The first-order valence-corrected chi connectivity index (χ1v) is 14.8. The van der Waals surface area contributed by atoms with Crippen molar-refractivity contribution in [1.29, 1.82) is 5.26 Å². The number of halogens is 3. The molecular weight excluding hydrogens is 545 g/mol. The van der Waals surface area contributed by atoms with Crippen LogP contribution in [0, 0.1) is 57.9 Å². The fourth-order valence-corrected chi connectivity index (χ4v) is 8.02. The van der Waals surface area contributed by atoms with Gasteiger partial charge in [0.1, 0.15) is 34.9 Å². The Balaban J connectivity index is 1.09. The second-order valence-corrected chi connectivity index (χ2v) is 13.8. The van der Waals surface area contributed by atoms with Crippen molar-refractivity contribution in [2.75, 3.05) is 17.2 Å². The van der Waals surface area contributed by atoms with Gasteiger partial charge in [-0.3, -0.25) is 10.1 Å². The first-order valence-electron chi connectivity index (χ1n) is 14.8. The van der Waals surface area contributed by atoms with Crippen molar-refractivity contribution in [3.8, 4) is 6.07 Å². The molecule has 5 unspecified atom stereocenters. The SMILES string of the molecule is CC(C)(C)OC(=O)[C@@H]1NC1CC1C2CC3C[C@H]1CC(CNc1nc(NCc4c(F)ccc(F)c4F)ncc1C#N)(C3)C2. The summed E-state index contributed by atoms with van der Waals surface area (Å²) in [5.74, 6) is -0.482. The van der Waals surface area contributed by atoms with Gasteiger partial charge in [0, 0.05) is 24.7 Å². The lowest BCUT2D eigenvalue weighted by molar-refractivity contribution is -0.154. The van der Waals surface area contributed by atoms with Crippen molar-refractivity contribution in [3.63, 3.8) is 0 Å². The van der Waals surface area contributed by atoms with E-state index in [0.717, 1.165) is 37.8 Å². The lowest BCUT2D eigenvalue weighted by atomic mass is 9.45. The second kappa shape index (κ2) is 10.7. The Morgan fingerprint density at radius 1 is 1.14 bits per heavy atom. The van der Waals surface area contributed by atoms with E-state index < -0.39 is 28.6 Å². The monoisotopic (exact) mass is 582 g/mol. The third kappa shape index (κ3) is 5.78. The maximum Gasteiger partial charge on any atom is 0.325 e. The van der Waals surface area contributed by atoms with Gasteiger partial charge in [-0.25, -0.2) is 18.2 Å². The summed E-state index contributed by atoms with van der Waals surface area (Å²) in [5, 5.41) is 19.2. The Kier molecular flexibility index (Phi) is 7.32. The Labute approximate surface area is 243 Å². The van der Waals surface area contributed by atoms with Gasteiger partial charge in [-0.15, -0.1) is 0 Å². The molecule has 4 saturated carbocycles. The van der Waals surface area contributed by atoms with Gasteiger partial charge in [0.15, 0.2) is 11.6 Å². The standard InChI is InChI=1S/C31H37F3N6O2/c1-30(2,3)42-28(41)26-24(39-26)8-20-17-6-16-7-18(20)11-31(9-16,10-17)15-38-27-19(12-35)13-36-29(40-27)37-14-21-22(32)4-5-23(33)25(21)34/h4-5,13,16-18,20,24,26,39H,6-11,14-15H2,1-3H3,(H2,36,37,38,40)/t16?,17-,18?,20?,24?,26+,31?/m0/s1. The molecule has 5 aliphatic rings. The predicted octanol–water partition coefficient (Wildman–Crippen LogP) is 5.30. The minimum absolute atomic E-state index is 0.0848. The molecule has 1 aliphatic heterocycles. The molecular formula is C31H37F3N6O2. The molecule has 1 aromatic heterocycles. The van der Waals surface area contributed by atoms with Crippen molar-refractivity contribution in [2.45, 2.75) is 83.5 Å². The van der Waals surface area contributed by atoms with Crippen molar-refractivity contribution < 1.29 is 22.7 Å². The van der Waals surface area contributed by atoms with E-state index in [1.165, 1.54) is 19.0 Å². The molecule has 1 saturated heterocycles. The van der Waals surface area contributed by atoms with Gasteiger partial charge < -0.3 is 15.4 Å². The van der Waals surface area contributed by atoms with Crippen LogP contribution in [0.1, 0.15) is 70.4 Å². The zero-order valence-electron chi connectivity index (χ0n) is 24.1. The Bertz CT molecular complexity index is 1410. The van der Waals surface area contributed by atoms with Crippen LogP contribution in [0.25, 0.3) is 0 Å². The highest BCUT2D eigenvalue weighted by Crippen LogP contribution is 2.63. The topological polar surface area (TPSA) is 122 Å². The molecule has 224 valence electrons. The van der Waals surface area contributed by atoms with Gasteiger partial charge in [0.05, 0.1) is 6.20 Å². The number of carbonyl (C=O) groups excluding carboxylic acids is 1. The normalized spacial score (nSPS) is 31.0. The summed E-state index contributed by atoms with van der Waals surface area (Å²) in [7, 11) is 0. The fourth-order valence-electron chi connectivity index (χ4n) is 8.02. The lowest BCUT2D eigenvalue weighted by Crippen LogP contribution is -2.53. The van der Waals surface area contributed by atoms with Crippen LogP contribution in [0.2, 0.25) is 0 Å². The molecule has 4 aliphatic carbocycles. The molecule has 5 fully saturated rings. The van der Waals surface area contributed by atoms with Crippen LogP contribution in [0.15, 0.2) is 18.3 Å². The van der Waals surface area contributed by atoms with Crippen LogP contribution >= 0.6 is 0 Å². The number of esters is 1. The van der Waals surface area contributed by atoms with E-state index in [-0.39, 0.29) is 41.5 Å². The first-order chi connectivity index (χ1) is 19.9. The quantitative estimate of drug-likeness (QED) is 0.207. The maximum absolute atomic E-state index is 14.1. The number of hydrogen-bond donors (Lipinski definition) is 3. The van der Waals surface area contributed by atoms with E-state index in [0.29, 0.717) is 36.0 Å². The van der Waals surface area contributed by atoms with Crippen molar-refractivity contribution in [3.05, 3.63) is 46.9 Å². The Hall–Kier alpha value is -3.39. The number of hydrogen-bond acceptors (Lipinski definition) is 8. The van der Waals surface area contributed by atoms with Crippen molar-refractivity contribution in [1.82, 2.24) is 15.3 Å². The van der Waals surface area contributed by atoms with E-state index in [4.69, 9.17) is 4.74 Å². The molecule has 0 radical (unpaired) electrons. The number of benzene rings is 1. The minimum atomic E-state index is -1.26. The van der Waals surface area contributed by atoms with Crippen LogP contribution < -0.4 is 16.0 Å². The number of nitrogens with one attached hydrogen (secondary N) is 3. The highest BCUT2D eigenvalue weighted by atomic mass is 19.2. The minimum Gasteiger partial charge on any atom is -0.459 e. The number of aromatic nitrogens is 2. The number of nitrogens with zero attached hydrogens (tertiary/aromatic N) is 3. The summed E-state index contributed by atoms with van der Waals surface area (Å²) in [6, 6.07) is 3.72. The predicted molar refractivity (Wildman–Crippen MR) is 150 cm³/mol. The Morgan fingerprint density at radius 2 is 1.86 bits per heavy atom. The van der Waals surface area contributed by atoms with Crippen LogP contribution in [0.5, 0.6) is 0 Å². The number of ether oxygens (including phenoxy) is 1. The number of carbonyl (C=O) groups is 1. The third-order valence-electron chi connectivity index (χ3n) is 9.57. The van der Waals surface area contributed by atoms with Gasteiger partial charge >= 0.3 is 5.97 Å². The number of anilines is 2. The van der Waals surface area contributed by atoms with Gasteiger partial charge in [-0.2, -0.15) is 10.2 Å². The molecule has 11 heteroatoms. The van der Waals surface area contributed by atoms with E-state index in [2.05, 4.69) is 32.0 Å². The molecule has 2 aromatic rings. The molecule has 8 nitrogen and oxygen atoms in total.